The van der Waals surface area contributed by atoms with Gasteiger partial charge < -0.3 is 24.7 Å². The Morgan fingerprint density at radius 1 is 1.39 bits per heavy atom. The van der Waals surface area contributed by atoms with E-state index >= 15 is 0 Å². The number of quaternary nitrogens is 1. The summed E-state index contributed by atoms with van der Waals surface area (Å²) in [5, 5.41) is 21.1. The van der Waals surface area contributed by atoms with Gasteiger partial charge in [-0.15, -0.1) is 0 Å². The van der Waals surface area contributed by atoms with Gasteiger partial charge in [0.1, 0.15) is 6.17 Å². The van der Waals surface area contributed by atoms with Crippen LogP contribution in [0.5, 0.6) is 0 Å². The number of carboxylic acids is 1. The molecule has 3 N–H and O–H groups in total. The first-order valence-electron chi connectivity index (χ1n) is 5.64. The van der Waals surface area contributed by atoms with Gasteiger partial charge in [0.05, 0.1) is 0 Å². The quantitative estimate of drug-likeness (QED) is 0.252. The maximum absolute atomic E-state index is 12.4. The highest BCUT2D eigenvalue weighted by atomic mass is 31.2. The van der Waals surface area contributed by atoms with E-state index in [1.165, 1.54) is 6.92 Å². The van der Waals surface area contributed by atoms with Crippen molar-refractivity contribution in [3.63, 3.8) is 0 Å². The molecular weight excluding hydrogens is 263 g/mol. The molecule has 0 aliphatic carbocycles. The Labute approximate surface area is 106 Å². The Balaban J connectivity index is 5.19. The molecule has 0 aliphatic rings. The molecular formula is C9H21N2O6P. The van der Waals surface area contributed by atoms with E-state index in [4.69, 9.17) is 14.9 Å². The third-order valence-corrected chi connectivity index (χ3v) is 3.70. The van der Waals surface area contributed by atoms with Crippen molar-refractivity contribution in [1.82, 2.24) is 4.90 Å². The minimum atomic E-state index is -4.59. The fourth-order valence-corrected chi connectivity index (χ4v) is 2.85. The molecule has 0 heterocycles. The van der Waals surface area contributed by atoms with Crippen LogP contribution in [0.15, 0.2) is 0 Å². The number of carbonyl (C=O) groups is 1. The van der Waals surface area contributed by atoms with Crippen LogP contribution in [0.3, 0.4) is 0 Å². The maximum atomic E-state index is 12.4. The minimum absolute atomic E-state index is 0.501. The smallest absolute Gasteiger partial charge is 0.379 e. The van der Waals surface area contributed by atoms with Crippen LogP contribution in [0.2, 0.25) is 0 Å². The van der Waals surface area contributed by atoms with Gasteiger partial charge in [-0.05, 0) is 0 Å². The number of hydroxylamine groups is 3. The number of hydrogen-bond donors (Lipinski definition) is 3. The summed E-state index contributed by atoms with van der Waals surface area (Å²) in [6, 6.07) is 0. The number of nitrogens with zero attached hydrogens (tertiary/aromatic N) is 2. The molecule has 18 heavy (non-hydrogen) atoms. The van der Waals surface area contributed by atoms with E-state index in [2.05, 4.69) is 0 Å². The zero-order chi connectivity index (χ0) is 14.6. The standard InChI is InChI=1S/C9H21N2O6P/c1-4-10(5-2)8(3)11(14,6-9(12)13)7-18(15,16)17/h8H,4-7H2,1-3H3,(H,12,13)(H2,15,16,17). The summed E-state index contributed by atoms with van der Waals surface area (Å²) in [5.41, 5.74) is 0. The zero-order valence-electron chi connectivity index (χ0n) is 10.8. The summed E-state index contributed by atoms with van der Waals surface area (Å²) in [7, 11) is -4.59. The van der Waals surface area contributed by atoms with E-state index in [1.807, 2.05) is 0 Å². The highest BCUT2D eigenvalue weighted by Gasteiger charge is 2.37. The summed E-state index contributed by atoms with van der Waals surface area (Å²) >= 11 is 0. The van der Waals surface area contributed by atoms with Crippen LogP contribution in [0.1, 0.15) is 20.8 Å². The van der Waals surface area contributed by atoms with Crippen LogP contribution >= 0.6 is 7.60 Å². The van der Waals surface area contributed by atoms with E-state index in [1.54, 1.807) is 18.7 Å². The van der Waals surface area contributed by atoms with E-state index in [0.29, 0.717) is 13.1 Å². The van der Waals surface area contributed by atoms with Crippen molar-refractivity contribution in [3.8, 4) is 0 Å². The van der Waals surface area contributed by atoms with Crippen molar-refractivity contribution in [2.75, 3.05) is 25.9 Å². The Morgan fingerprint density at radius 2 is 1.83 bits per heavy atom. The van der Waals surface area contributed by atoms with Crippen LogP contribution in [0.25, 0.3) is 0 Å². The Bertz CT molecular complexity index is 329. The Kier molecular flexibility index (Phi) is 6.42. The molecule has 0 fully saturated rings. The molecule has 2 atom stereocenters. The molecule has 8 nitrogen and oxygen atoms in total. The van der Waals surface area contributed by atoms with Crippen LogP contribution in [0.4, 0.5) is 0 Å². The number of aliphatic carboxylic acids is 1. The lowest BCUT2D eigenvalue weighted by Gasteiger charge is -2.49. The second-order valence-electron chi connectivity index (χ2n) is 4.16. The predicted molar refractivity (Wildman–Crippen MR) is 65.4 cm³/mol. The molecule has 0 saturated heterocycles. The molecule has 0 rings (SSSR count). The highest BCUT2D eigenvalue weighted by molar-refractivity contribution is 7.51. The molecule has 0 aliphatic heterocycles. The lowest BCUT2D eigenvalue weighted by Crippen LogP contribution is -2.59. The van der Waals surface area contributed by atoms with Gasteiger partial charge >= 0.3 is 13.6 Å². The van der Waals surface area contributed by atoms with Crippen molar-refractivity contribution in [1.29, 1.82) is 0 Å². The van der Waals surface area contributed by atoms with E-state index in [0.717, 1.165) is 0 Å². The van der Waals surface area contributed by atoms with Crippen molar-refractivity contribution in [2.45, 2.75) is 26.9 Å². The van der Waals surface area contributed by atoms with Gasteiger partial charge in [0.25, 0.3) is 0 Å². The molecule has 0 aromatic rings. The summed E-state index contributed by atoms with van der Waals surface area (Å²) < 4.78 is 9.54. The van der Waals surface area contributed by atoms with Gasteiger partial charge in [0, 0.05) is 20.0 Å². The minimum Gasteiger partial charge on any atom is -0.631 e. The second-order valence-corrected chi connectivity index (χ2v) is 5.78. The summed E-state index contributed by atoms with van der Waals surface area (Å²) in [4.78, 5) is 30.2. The molecule has 0 saturated carbocycles. The topological polar surface area (TPSA) is 121 Å². The maximum Gasteiger partial charge on any atom is 0.379 e. The lowest BCUT2D eigenvalue weighted by molar-refractivity contribution is -0.898. The first-order valence-corrected chi connectivity index (χ1v) is 7.43. The normalized spacial score (nSPS) is 17.5. The lowest BCUT2D eigenvalue weighted by atomic mass is 10.3. The van der Waals surface area contributed by atoms with E-state index in [9.17, 15) is 14.6 Å². The third-order valence-electron chi connectivity index (χ3n) is 2.85. The van der Waals surface area contributed by atoms with E-state index in [-0.39, 0.29) is 0 Å². The molecule has 0 radical (unpaired) electrons. The first kappa shape index (κ1) is 17.5. The van der Waals surface area contributed by atoms with Gasteiger partial charge in [0.15, 0.2) is 12.8 Å². The average Bonchev–Trinajstić information content (AvgIpc) is 2.14. The van der Waals surface area contributed by atoms with Gasteiger partial charge in [-0.25, -0.2) is 4.79 Å². The van der Waals surface area contributed by atoms with Crippen molar-refractivity contribution in [3.05, 3.63) is 5.21 Å². The van der Waals surface area contributed by atoms with Gasteiger partial charge in [-0.2, -0.15) is 0 Å². The molecule has 0 amide bonds. The third kappa shape index (κ3) is 5.43. The molecule has 0 bridgehead atoms. The Morgan fingerprint density at radius 3 is 2.11 bits per heavy atom. The van der Waals surface area contributed by atoms with Crippen molar-refractivity contribution < 1.29 is 28.9 Å². The van der Waals surface area contributed by atoms with Crippen LogP contribution in [-0.4, -0.2) is 62.5 Å². The number of hydrogen-bond acceptors (Lipinski definition) is 4. The largest absolute Gasteiger partial charge is 0.631 e. The molecule has 108 valence electrons. The Hall–Kier alpha value is -0.500. The summed E-state index contributed by atoms with van der Waals surface area (Å²) in [6.07, 6.45) is -1.86. The fourth-order valence-electron chi connectivity index (χ4n) is 1.89. The molecule has 0 aromatic carbocycles. The average molecular weight is 284 g/mol. The molecule has 0 aromatic heterocycles. The van der Waals surface area contributed by atoms with Crippen molar-refractivity contribution in [2.24, 2.45) is 0 Å². The zero-order valence-corrected chi connectivity index (χ0v) is 11.7. The number of carboxylic acid groups (broad SMARTS) is 1. The van der Waals surface area contributed by atoms with Gasteiger partial charge in [-0.3, -0.25) is 9.46 Å². The molecule has 9 heteroatoms. The fraction of sp³-hybridized carbons (Fsp3) is 0.889. The van der Waals surface area contributed by atoms with Gasteiger partial charge in [-0.1, -0.05) is 13.8 Å². The van der Waals surface area contributed by atoms with Crippen molar-refractivity contribution >= 4 is 13.6 Å². The van der Waals surface area contributed by atoms with Crippen LogP contribution < -0.4 is 0 Å². The van der Waals surface area contributed by atoms with Crippen LogP contribution in [0, 0.1) is 5.21 Å². The second kappa shape index (κ2) is 6.60. The molecule has 2 unspecified atom stereocenters. The summed E-state index contributed by atoms with van der Waals surface area (Å²) in [6.45, 7) is 5.20. The molecule has 0 spiro atoms. The SMILES string of the molecule is CCN(CC)C(C)[N+]([O-])(CC(=O)O)CP(=O)(O)O. The monoisotopic (exact) mass is 284 g/mol. The summed E-state index contributed by atoms with van der Waals surface area (Å²) in [5.74, 6) is -1.38. The van der Waals surface area contributed by atoms with Gasteiger partial charge in [0.2, 0.25) is 0 Å². The van der Waals surface area contributed by atoms with Crippen LogP contribution in [-0.2, 0) is 9.36 Å². The van der Waals surface area contributed by atoms with E-state index < -0.39 is 37.2 Å². The number of rotatable bonds is 8. The predicted octanol–water partition coefficient (Wildman–Crippen LogP) is 0.209. The highest BCUT2D eigenvalue weighted by Crippen LogP contribution is 2.39. The first-order chi connectivity index (χ1) is 8.05.